The van der Waals surface area contributed by atoms with Gasteiger partial charge in [0.2, 0.25) is 0 Å². The Labute approximate surface area is 118 Å². The molecule has 17 heavy (non-hydrogen) atoms. The van der Waals surface area contributed by atoms with Gasteiger partial charge in [-0.25, -0.2) is 0 Å². The summed E-state index contributed by atoms with van der Waals surface area (Å²) < 4.78 is 1.03. The first-order valence-electron chi connectivity index (χ1n) is 6.20. The Balaban J connectivity index is 2.79. The van der Waals surface area contributed by atoms with Crippen molar-refractivity contribution in [2.45, 2.75) is 39.2 Å². The number of hydrogen-bond acceptors (Lipinski definition) is 1. The second-order valence-electron chi connectivity index (χ2n) is 4.64. The molecule has 0 amide bonds. The first-order valence-corrected chi connectivity index (χ1v) is 7.37. The first-order chi connectivity index (χ1) is 8.08. The highest BCUT2D eigenvalue weighted by atomic mass is 79.9. The molecule has 1 aromatic rings. The van der Waals surface area contributed by atoms with Crippen LogP contribution in [0, 0.1) is 5.92 Å². The van der Waals surface area contributed by atoms with Crippen molar-refractivity contribution in [3.8, 4) is 0 Å². The van der Waals surface area contributed by atoms with Crippen molar-refractivity contribution in [3.63, 3.8) is 0 Å². The van der Waals surface area contributed by atoms with Gasteiger partial charge in [-0.3, -0.25) is 0 Å². The van der Waals surface area contributed by atoms with Crippen LogP contribution in [0.15, 0.2) is 22.7 Å². The molecule has 0 heterocycles. The monoisotopic (exact) mass is 317 g/mol. The summed E-state index contributed by atoms with van der Waals surface area (Å²) in [6.45, 7) is 4.54. The predicted octanol–water partition coefficient (Wildman–Crippen LogP) is 5.19. The van der Waals surface area contributed by atoms with Crippen LogP contribution in [-0.2, 0) is 0 Å². The van der Waals surface area contributed by atoms with Crippen LogP contribution in [0.3, 0.4) is 0 Å². The molecule has 0 saturated heterocycles. The zero-order chi connectivity index (χ0) is 12.8. The van der Waals surface area contributed by atoms with Crippen molar-refractivity contribution in [3.05, 3.63) is 33.3 Å². The van der Waals surface area contributed by atoms with Crippen molar-refractivity contribution in [1.82, 2.24) is 5.32 Å². The van der Waals surface area contributed by atoms with E-state index in [9.17, 15) is 0 Å². The minimum absolute atomic E-state index is 0.345. The fourth-order valence-corrected chi connectivity index (χ4v) is 3.00. The number of nitrogens with one attached hydrogen (secondary N) is 1. The highest BCUT2D eigenvalue weighted by Crippen LogP contribution is 2.30. The standard InChI is InChI=1S/C14H21BrClN/c1-4-5-10(2)8-14(17-3)12-7-6-11(15)9-13(12)16/h6-7,9-10,14,17H,4-5,8H2,1-3H3. The molecule has 1 aromatic carbocycles. The van der Waals surface area contributed by atoms with Gasteiger partial charge in [0, 0.05) is 15.5 Å². The molecule has 0 fully saturated rings. The highest BCUT2D eigenvalue weighted by Gasteiger charge is 2.15. The van der Waals surface area contributed by atoms with Crippen LogP contribution in [0.4, 0.5) is 0 Å². The van der Waals surface area contributed by atoms with Gasteiger partial charge in [-0.1, -0.05) is 60.3 Å². The largest absolute Gasteiger partial charge is 0.313 e. The van der Waals surface area contributed by atoms with Gasteiger partial charge in [0.25, 0.3) is 0 Å². The number of benzene rings is 1. The molecular formula is C14H21BrClN. The Kier molecular flexibility index (Phi) is 6.53. The lowest BCUT2D eigenvalue weighted by Crippen LogP contribution is -2.19. The summed E-state index contributed by atoms with van der Waals surface area (Å²) in [6, 6.07) is 6.46. The Morgan fingerprint density at radius 1 is 1.41 bits per heavy atom. The van der Waals surface area contributed by atoms with E-state index in [1.54, 1.807) is 0 Å². The van der Waals surface area contributed by atoms with E-state index in [2.05, 4.69) is 47.2 Å². The van der Waals surface area contributed by atoms with Crippen molar-refractivity contribution in [2.24, 2.45) is 5.92 Å². The van der Waals surface area contributed by atoms with Gasteiger partial charge in [0.1, 0.15) is 0 Å². The fourth-order valence-electron chi connectivity index (χ4n) is 2.20. The summed E-state index contributed by atoms with van der Waals surface area (Å²) in [7, 11) is 2.00. The maximum atomic E-state index is 6.29. The fraction of sp³-hybridized carbons (Fsp3) is 0.571. The number of rotatable bonds is 6. The Hall–Kier alpha value is -0.0500. The van der Waals surface area contributed by atoms with Gasteiger partial charge in [0.15, 0.2) is 0 Å². The minimum Gasteiger partial charge on any atom is -0.313 e. The van der Waals surface area contributed by atoms with Crippen LogP contribution < -0.4 is 5.32 Å². The molecule has 3 heteroatoms. The van der Waals surface area contributed by atoms with Gasteiger partial charge in [0.05, 0.1) is 0 Å². The molecule has 0 aliphatic rings. The molecule has 2 unspecified atom stereocenters. The van der Waals surface area contributed by atoms with E-state index < -0.39 is 0 Å². The Morgan fingerprint density at radius 3 is 2.65 bits per heavy atom. The first kappa shape index (κ1) is 15.0. The third-order valence-corrected chi connectivity index (χ3v) is 3.93. The summed E-state index contributed by atoms with van der Waals surface area (Å²) >= 11 is 9.73. The van der Waals surface area contributed by atoms with E-state index in [0.29, 0.717) is 6.04 Å². The summed E-state index contributed by atoms with van der Waals surface area (Å²) in [5, 5.41) is 4.20. The van der Waals surface area contributed by atoms with Gasteiger partial charge < -0.3 is 5.32 Å². The van der Waals surface area contributed by atoms with E-state index in [-0.39, 0.29) is 0 Å². The smallest absolute Gasteiger partial charge is 0.0465 e. The summed E-state index contributed by atoms with van der Waals surface area (Å²) in [5.41, 5.74) is 1.19. The van der Waals surface area contributed by atoms with Crippen LogP contribution in [0.2, 0.25) is 5.02 Å². The predicted molar refractivity (Wildman–Crippen MR) is 79.6 cm³/mol. The van der Waals surface area contributed by atoms with Crippen molar-refractivity contribution >= 4 is 27.5 Å². The molecule has 0 aliphatic heterocycles. The summed E-state index contributed by atoms with van der Waals surface area (Å²) in [5.74, 6) is 0.720. The van der Waals surface area contributed by atoms with Crippen LogP contribution in [0.1, 0.15) is 44.7 Å². The van der Waals surface area contributed by atoms with E-state index in [1.165, 1.54) is 18.4 Å². The van der Waals surface area contributed by atoms with Gasteiger partial charge >= 0.3 is 0 Å². The number of halogens is 2. The number of hydrogen-bond donors (Lipinski definition) is 1. The molecule has 1 rings (SSSR count). The lowest BCUT2D eigenvalue weighted by molar-refractivity contribution is 0.407. The van der Waals surface area contributed by atoms with Crippen LogP contribution in [0.25, 0.3) is 0 Å². The molecule has 0 saturated carbocycles. The molecule has 2 atom stereocenters. The SMILES string of the molecule is CCCC(C)CC(NC)c1ccc(Br)cc1Cl. The Bertz CT molecular complexity index is 354. The topological polar surface area (TPSA) is 12.0 Å². The van der Waals surface area contributed by atoms with Crippen molar-refractivity contribution in [2.75, 3.05) is 7.05 Å². The average molecular weight is 319 g/mol. The lowest BCUT2D eigenvalue weighted by atomic mass is 9.93. The molecule has 0 spiro atoms. The van der Waals surface area contributed by atoms with E-state index in [4.69, 9.17) is 11.6 Å². The molecular weight excluding hydrogens is 298 g/mol. The maximum Gasteiger partial charge on any atom is 0.0465 e. The summed E-state index contributed by atoms with van der Waals surface area (Å²) in [6.07, 6.45) is 3.64. The van der Waals surface area contributed by atoms with Crippen LogP contribution >= 0.6 is 27.5 Å². The zero-order valence-electron chi connectivity index (χ0n) is 10.8. The van der Waals surface area contributed by atoms with Gasteiger partial charge in [-0.05, 0) is 37.1 Å². The molecule has 0 aliphatic carbocycles. The molecule has 96 valence electrons. The molecule has 0 bridgehead atoms. The normalized spacial score (nSPS) is 14.6. The second kappa shape index (κ2) is 7.40. The van der Waals surface area contributed by atoms with E-state index in [0.717, 1.165) is 21.8 Å². The second-order valence-corrected chi connectivity index (χ2v) is 5.96. The third-order valence-electron chi connectivity index (χ3n) is 3.11. The molecule has 1 N–H and O–H groups in total. The molecule has 1 nitrogen and oxygen atoms in total. The van der Waals surface area contributed by atoms with E-state index in [1.807, 2.05) is 13.1 Å². The lowest BCUT2D eigenvalue weighted by Gasteiger charge is -2.22. The minimum atomic E-state index is 0.345. The highest BCUT2D eigenvalue weighted by molar-refractivity contribution is 9.10. The van der Waals surface area contributed by atoms with Gasteiger partial charge in [-0.15, -0.1) is 0 Å². The average Bonchev–Trinajstić information content (AvgIpc) is 2.27. The third kappa shape index (κ3) is 4.61. The summed E-state index contributed by atoms with van der Waals surface area (Å²) in [4.78, 5) is 0. The molecule has 0 radical (unpaired) electrons. The van der Waals surface area contributed by atoms with Crippen molar-refractivity contribution < 1.29 is 0 Å². The Morgan fingerprint density at radius 2 is 2.12 bits per heavy atom. The maximum absolute atomic E-state index is 6.29. The van der Waals surface area contributed by atoms with Crippen LogP contribution in [0.5, 0.6) is 0 Å². The van der Waals surface area contributed by atoms with Gasteiger partial charge in [-0.2, -0.15) is 0 Å². The van der Waals surface area contributed by atoms with Crippen LogP contribution in [-0.4, -0.2) is 7.05 Å². The quantitative estimate of drug-likeness (QED) is 0.761. The molecule has 0 aromatic heterocycles. The van der Waals surface area contributed by atoms with Crippen molar-refractivity contribution in [1.29, 1.82) is 0 Å². The van der Waals surface area contributed by atoms with E-state index >= 15 is 0 Å². The zero-order valence-corrected chi connectivity index (χ0v) is 13.1.